The maximum atomic E-state index is 10.9. The van der Waals surface area contributed by atoms with E-state index in [0.29, 0.717) is 13.0 Å². The number of rotatable bonds is 4. The lowest BCUT2D eigenvalue weighted by atomic mass is 10.3. The van der Waals surface area contributed by atoms with Gasteiger partial charge in [-0.1, -0.05) is 30.0 Å². The van der Waals surface area contributed by atoms with Gasteiger partial charge in [-0.25, -0.2) is 0 Å². The highest BCUT2D eigenvalue weighted by molar-refractivity contribution is 8.14. The van der Waals surface area contributed by atoms with Gasteiger partial charge in [0.05, 0.1) is 11.9 Å². The zero-order valence-corrected chi connectivity index (χ0v) is 9.44. The molecule has 2 unspecified atom stereocenters. The summed E-state index contributed by atoms with van der Waals surface area (Å²) >= 11 is 1.13. The van der Waals surface area contributed by atoms with Crippen LogP contribution in [0.4, 0.5) is 4.79 Å². The van der Waals surface area contributed by atoms with Crippen LogP contribution in [0.3, 0.4) is 0 Å². The van der Waals surface area contributed by atoms with Crippen LogP contribution >= 0.6 is 11.8 Å². The van der Waals surface area contributed by atoms with Gasteiger partial charge < -0.3 is 15.2 Å². The van der Waals surface area contributed by atoms with Crippen LogP contribution in [0.1, 0.15) is 6.42 Å². The highest BCUT2D eigenvalue weighted by Crippen LogP contribution is 2.24. The Hall–Kier alpha value is -1.20. The Labute approximate surface area is 98.0 Å². The third-order valence-electron chi connectivity index (χ3n) is 2.29. The Bertz CT molecular complexity index is 358. The van der Waals surface area contributed by atoms with E-state index in [1.165, 1.54) is 0 Å². The average Bonchev–Trinajstić information content (AvgIpc) is 2.59. The normalized spacial score (nSPS) is 24.2. The van der Waals surface area contributed by atoms with E-state index >= 15 is 0 Å². The van der Waals surface area contributed by atoms with Crippen molar-refractivity contribution in [3.05, 3.63) is 30.3 Å². The number of ether oxygens (including phenoxy) is 1. The summed E-state index contributed by atoms with van der Waals surface area (Å²) in [5.41, 5.74) is 0. The topological polar surface area (TPSA) is 58.6 Å². The highest BCUT2D eigenvalue weighted by Gasteiger charge is 2.31. The fraction of sp³-hybridized carbons (Fsp3) is 0.364. The SMILES string of the molecule is O=C1NC(O)C(CCOc2ccccc2)S1. The van der Waals surface area contributed by atoms with Gasteiger partial charge in [-0.3, -0.25) is 4.79 Å². The summed E-state index contributed by atoms with van der Waals surface area (Å²) in [6, 6.07) is 9.48. The molecule has 2 atom stereocenters. The molecule has 0 aliphatic carbocycles. The Morgan fingerprint density at radius 3 is 2.75 bits per heavy atom. The predicted octanol–water partition coefficient (Wildman–Crippen LogP) is 1.60. The number of carbonyl (C=O) groups is 1. The Kier molecular flexibility index (Phi) is 3.69. The van der Waals surface area contributed by atoms with Gasteiger partial charge in [0.25, 0.3) is 5.24 Å². The summed E-state index contributed by atoms with van der Waals surface area (Å²) in [7, 11) is 0. The van der Waals surface area contributed by atoms with Crippen molar-refractivity contribution >= 4 is 17.0 Å². The second-order valence-electron chi connectivity index (χ2n) is 3.48. The van der Waals surface area contributed by atoms with E-state index < -0.39 is 6.23 Å². The van der Waals surface area contributed by atoms with Crippen LogP contribution in [0.15, 0.2) is 30.3 Å². The lowest BCUT2D eigenvalue weighted by Gasteiger charge is -2.12. The Balaban J connectivity index is 1.74. The van der Waals surface area contributed by atoms with Crippen molar-refractivity contribution in [2.75, 3.05) is 6.61 Å². The fourth-order valence-corrected chi connectivity index (χ4v) is 2.35. The minimum atomic E-state index is -0.753. The molecule has 1 aliphatic rings. The lowest BCUT2D eigenvalue weighted by molar-refractivity contribution is 0.143. The summed E-state index contributed by atoms with van der Waals surface area (Å²) in [5, 5.41) is 11.6. The molecule has 1 fully saturated rings. The quantitative estimate of drug-likeness (QED) is 0.838. The first-order valence-electron chi connectivity index (χ1n) is 5.09. The van der Waals surface area contributed by atoms with Crippen LogP contribution in [0.25, 0.3) is 0 Å². The van der Waals surface area contributed by atoms with Gasteiger partial charge in [0.1, 0.15) is 12.0 Å². The number of para-hydroxylation sites is 1. The largest absolute Gasteiger partial charge is 0.494 e. The zero-order chi connectivity index (χ0) is 11.4. The minimum Gasteiger partial charge on any atom is -0.494 e. The molecule has 1 saturated heterocycles. The summed E-state index contributed by atoms with van der Waals surface area (Å²) < 4.78 is 5.49. The fourth-order valence-electron chi connectivity index (χ4n) is 1.48. The van der Waals surface area contributed by atoms with Gasteiger partial charge in [-0.15, -0.1) is 0 Å². The Morgan fingerprint density at radius 2 is 2.12 bits per heavy atom. The summed E-state index contributed by atoms with van der Waals surface area (Å²) in [6.45, 7) is 0.494. The third-order valence-corrected chi connectivity index (χ3v) is 3.42. The van der Waals surface area contributed by atoms with Crippen molar-refractivity contribution in [3.63, 3.8) is 0 Å². The maximum absolute atomic E-state index is 10.9. The van der Waals surface area contributed by atoms with Crippen molar-refractivity contribution in [1.82, 2.24) is 5.32 Å². The molecule has 2 rings (SSSR count). The van der Waals surface area contributed by atoms with Crippen molar-refractivity contribution < 1.29 is 14.6 Å². The van der Waals surface area contributed by atoms with Crippen molar-refractivity contribution in [3.8, 4) is 5.75 Å². The molecule has 0 radical (unpaired) electrons. The third kappa shape index (κ3) is 2.90. The molecule has 0 bridgehead atoms. The molecule has 4 nitrogen and oxygen atoms in total. The average molecular weight is 239 g/mol. The standard InChI is InChI=1S/C11H13NO3S/c13-10-9(16-11(14)12-10)6-7-15-8-4-2-1-3-5-8/h1-5,9-10,13H,6-7H2,(H,12,14). The molecule has 1 aromatic rings. The molecule has 0 aromatic heterocycles. The van der Waals surface area contributed by atoms with Gasteiger partial charge in [-0.2, -0.15) is 0 Å². The molecule has 2 N–H and O–H groups in total. The van der Waals surface area contributed by atoms with E-state index in [1.807, 2.05) is 30.3 Å². The van der Waals surface area contributed by atoms with Crippen LogP contribution in [-0.4, -0.2) is 28.4 Å². The van der Waals surface area contributed by atoms with Gasteiger partial charge in [0.2, 0.25) is 0 Å². The zero-order valence-electron chi connectivity index (χ0n) is 8.63. The first-order valence-corrected chi connectivity index (χ1v) is 5.97. The number of thioether (sulfide) groups is 1. The predicted molar refractivity (Wildman–Crippen MR) is 62.5 cm³/mol. The molecule has 0 spiro atoms. The maximum Gasteiger partial charge on any atom is 0.281 e. The van der Waals surface area contributed by atoms with E-state index in [1.54, 1.807) is 0 Å². The molecular formula is C11H13NO3S. The van der Waals surface area contributed by atoms with E-state index in [9.17, 15) is 9.90 Å². The number of carbonyl (C=O) groups excluding carboxylic acids is 1. The molecule has 1 heterocycles. The van der Waals surface area contributed by atoms with Crippen LogP contribution in [0.2, 0.25) is 0 Å². The van der Waals surface area contributed by atoms with Gasteiger partial charge >= 0.3 is 0 Å². The van der Waals surface area contributed by atoms with Gasteiger partial charge in [-0.05, 0) is 18.6 Å². The molecule has 5 heteroatoms. The molecule has 16 heavy (non-hydrogen) atoms. The minimum absolute atomic E-state index is 0.115. The van der Waals surface area contributed by atoms with E-state index in [4.69, 9.17) is 4.74 Å². The van der Waals surface area contributed by atoms with Crippen molar-refractivity contribution in [2.24, 2.45) is 0 Å². The van der Waals surface area contributed by atoms with Crippen molar-refractivity contribution in [2.45, 2.75) is 17.9 Å². The Morgan fingerprint density at radius 1 is 1.38 bits per heavy atom. The lowest BCUT2D eigenvalue weighted by Crippen LogP contribution is -2.31. The number of benzene rings is 1. The number of amides is 1. The van der Waals surface area contributed by atoms with Gasteiger partial charge in [0, 0.05) is 0 Å². The molecule has 1 amide bonds. The van der Waals surface area contributed by atoms with Crippen LogP contribution in [0.5, 0.6) is 5.75 Å². The van der Waals surface area contributed by atoms with Crippen LogP contribution in [-0.2, 0) is 0 Å². The number of hydrogen-bond donors (Lipinski definition) is 2. The van der Waals surface area contributed by atoms with E-state index in [0.717, 1.165) is 17.5 Å². The molecule has 1 aliphatic heterocycles. The number of aliphatic hydroxyl groups excluding tert-OH is 1. The summed E-state index contributed by atoms with van der Waals surface area (Å²) in [6.07, 6.45) is -0.115. The second-order valence-corrected chi connectivity index (χ2v) is 4.70. The smallest absolute Gasteiger partial charge is 0.281 e. The number of aliphatic hydroxyl groups is 1. The van der Waals surface area contributed by atoms with Crippen LogP contribution in [0, 0.1) is 0 Å². The van der Waals surface area contributed by atoms with Gasteiger partial charge in [0.15, 0.2) is 0 Å². The summed E-state index contributed by atoms with van der Waals surface area (Å²) in [4.78, 5) is 10.9. The van der Waals surface area contributed by atoms with E-state index in [-0.39, 0.29) is 10.5 Å². The summed E-state index contributed by atoms with van der Waals surface area (Å²) in [5.74, 6) is 0.805. The number of nitrogens with one attached hydrogen (secondary N) is 1. The molecule has 0 saturated carbocycles. The molecule has 1 aromatic carbocycles. The van der Waals surface area contributed by atoms with Crippen LogP contribution < -0.4 is 10.1 Å². The monoisotopic (exact) mass is 239 g/mol. The van der Waals surface area contributed by atoms with Crippen molar-refractivity contribution in [1.29, 1.82) is 0 Å². The first-order chi connectivity index (χ1) is 7.75. The molecular weight excluding hydrogens is 226 g/mol. The number of hydrogen-bond acceptors (Lipinski definition) is 4. The molecule has 86 valence electrons. The second kappa shape index (κ2) is 5.23. The van der Waals surface area contributed by atoms with E-state index in [2.05, 4.69) is 5.32 Å². The highest BCUT2D eigenvalue weighted by atomic mass is 32.2. The first kappa shape index (κ1) is 11.3.